The average molecular weight is 418 g/mol. The van der Waals surface area contributed by atoms with E-state index in [0.29, 0.717) is 12.8 Å². The number of rotatable bonds is 11. The second-order valence-electron chi connectivity index (χ2n) is 7.76. The molecule has 0 heterocycles. The van der Waals surface area contributed by atoms with Gasteiger partial charge >= 0.3 is 11.9 Å². The molecule has 1 aromatic carbocycles. The molecule has 0 aromatic heterocycles. The van der Waals surface area contributed by atoms with Gasteiger partial charge < -0.3 is 10.2 Å². The number of carboxylic acid groups (broad SMARTS) is 2. The largest absolute Gasteiger partial charge is 0.480 e. The van der Waals surface area contributed by atoms with Crippen molar-refractivity contribution in [1.29, 1.82) is 0 Å². The second-order valence-corrected chi connectivity index (χ2v) is 7.76. The van der Waals surface area contributed by atoms with Crippen molar-refractivity contribution < 1.29 is 24.6 Å². The van der Waals surface area contributed by atoms with Crippen LogP contribution in [0, 0.1) is 5.92 Å². The van der Waals surface area contributed by atoms with E-state index >= 15 is 0 Å². The summed E-state index contributed by atoms with van der Waals surface area (Å²) in [5, 5.41) is 26.6. The number of carbonyl (C=O) groups excluding carboxylic acids is 1. The van der Waals surface area contributed by atoms with Gasteiger partial charge in [-0.05, 0) is 44.1 Å². The van der Waals surface area contributed by atoms with Gasteiger partial charge in [-0.1, -0.05) is 49.6 Å². The molecule has 2 atom stereocenters. The Morgan fingerprint density at radius 2 is 1.83 bits per heavy atom. The highest BCUT2D eigenvalue weighted by atomic mass is 16.4. The molecule has 2 rings (SSSR count). The predicted octanol–water partition coefficient (Wildman–Crippen LogP) is 2.53. The molecule has 1 aliphatic rings. The summed E-state index contributed by atoms with van der Waals surface area (Å²) in [5.41, 5.74) is 1.01. The lowest BCUT2D eigenvalue weighted by molar-refractivity contribution is -0.146. The number of nitrogens with zero attached hydrogens (tertiary/aromatic N) is 2. The highest BCUT2D eigenvalue weighted by Gasteiger charge is 2.27. The Morgan fingerprint density at radius 3 is 2.43 bits per heavy atom. The maximum atomic E-state index is 12.8. The summed E-state index contributed by atoms with van der Waals surface area (Å²) in [7, 11) is 0. The first-order chi connectivity index (χ1) is 14.4. The van der Waals surface area contributed by atoms with Gasteiger partial charge in [-0.25, -0.2) is 5.01 Å². The zero-order valence-electron chi connectivity index (χ0n) is 17.4. The molecule has 0 unspecified atom stereocenters. The molecule has 0 aliphatic heterocycles. The molecular weight excluding hydrogens is 386 g/mol. The van der Waals surface area contributed by atoms with Crippen molar-refractivity contribution in [2.24, 2.45) is 11.0 Å². The van der Waals surface area contributed by atoms with Gasteiger partial charge in [0.25, 0.3) is 5.91 Å². The fourth-order valence-electron chi connectivity index (χ4n) is 3.59. The van der Waals surface area contributed by atoms with Crippen LogP contribution in [0.25, 0.3) is 0 Å². The summed E-state index contributed by atoms with van der Waals surface area (Å²) in [6, 6.07) is 7.69. The van der Waals surface area contributed by atoms with Gasteiger partial charge in [0.05, 0.1) is 6.04 Å². The topological polar surface area (TPSA) is 119 Å². The molecule has 0 bridgehead atoms. The number of nitrogens with one attached hydrogen (secondary N) is 1. The Labute approximate surface area is 177 Å². The normalized spacial score (nSPS) is 16.8. The molecule has 1 aromatic rings. The number of hydrazone groups is 1. The lowest BCUT2D eigenvalue weighted by atomic mass is 9.90. The fourth-order valence-corrected chi connectivity index (χ4v) is 3.59. The van der Waals surface area contributed by atoms with Crippen LogP contribution < -0.4 is 5.32 Å². The minimum atomic E-state index is -1.17. The molecule has 8 heteroatoms. The fraction of sp³-hybridized carbons (Fsp3) is 0.545. The van der Waals surface area contributed by atoms with Gasteiger partial charge in [0, 0.05) is 6.21 Å². The third-order valence-electron chi connectivity index (χ3n) is 5.29. The van der Waals surface area contributed by atoms with Crippen molar-refractivity contribution >= 4 is 24.1 Å². The van der Waals surface area contributed by atoms with Gasteiger partial charge in [-0.15, -0.1) is 0 Å². The van der Waals surface area contributed by atoms with E-state index in [4.69, 9.17) is 5.11 Å². The summed E-state index contributed by atoms with van der Waals surface area (Å²) in [6.45, 7) is 0.974. The van der Waals surface area contributed by atoms with Crippen molar-refractivity contribution in [3.63, 3.8) is 0 Å². The Bertz CT molecular complexity index is 732. The van der Waals surface area contributed by atoms with E-state index in [2.05, 4.69) is 10.4 Å². The Hall–Kier alpha value is -2.74. The maximum Gasteiger partial charge on any atom is 0.325 e. The van der Waals surface area contributed by atoms with Crippen molar-refractivity contribution in [2.45, 2.75) is 64.0 Å². The summed E-state index contributed by atoms with van der Waals surface area (Å²) < 4.78 is 0. The van der Waals surface area contributed by atoms with Crippen LogP contribution in [0.15, 0.2) is 35.4 Å². The van der Waals surface area contributed by atoms with Crippen LogP contribution in [0.3, 0.4) is 0 Å². The number of hydrogen-bond acceptors (Lipinski definition) is 5. The first-order valence-electron chi connectivity index (χ1n) is 10.5. The quantitative estimate of drug-likeness (QED) is 0.376. The van der Waals surface area contributed by atoms with Gasteiger partial charge in [0.15, 0.2) is 0 Å². The van der Waals surface area contributed by atoms with E-state index in [1.807, 2.05) is 30.3 Å². The first-order valence-corrected chi connectivity index (χ1v) is 10.5. The molecule has 1 aliphatic carbocycles. The van der Waals surface area contributed by atoms with Crippen LogP contribution in [0.1, 0.15) is 51.0 Å². The molecule has 1 amide bonds. The summed E-state index contributed by atoms with van der Waals surface area (Å²) in [6.07, 6.45) is 7.86. The first kappa shape index (κ1) is 23.5. The third kappa shape index (κ3) is 7.94. The average Bonchev–Trinajstić information content (AvgIpc) is 2.74. The van der Waals surface area contributed by atoms with Crippen LogP contribution in [0.4, 0.5) is 0 Å². The Kier molecular flexibility index (Phi) is 9.47. The highest BCUT2D eigenvalue weighted by Crippen LogP contribution is 2.22. The van der Waals surface area contributed by atoms with E-state index in [1.54, 1.807) is 6.21 Å². The van der Waals surface area contributed by atoms with E-state index in [1.165, 1.54) is 13.3 Å². The maximum absolute atomic E-state index is 12.8. The SMILES string of the molecule is C[C@H](N[C@@H](CCc1ccccc1)C(=O)O)C(=O)N(CC(=O)O)N=CC1CCCCC1. The number of carbonyl (C=O) groups is 3. The highest BCUT2D eigenvalue weighted by molar-refractivity contribution is 5.86. The van der Waals surface area contributed by atoms with Crippen LogP contribution in [0.2, 0.25) is 0 Å². The molecule has 0 spiro atoms. The molecule has 164 valence electrons. The molecule has 8 nitrogen and oxygen atoms in total. The van der Waals surface area contributed by atoms with Crippen LogP contribution >= 0.6 is 0 Å². The minimum absolute atomic E-state index is 0.240. The Morgan fingerprint density at radius 1 is 1.17 bits per heavy atom. The monoisotopic (exact) mass is 417 g/mol. The molecular formula is C22H31N3O5. The van der Waals surface area contributed by atoms with Crippen LogP contribution in [-0.4, -0.2) is 57.9 Å². The number of amides is 1. The zero-order chi connectivity index (χ0) is 21.9. The number of aliphatic carboxylic acids is 2. The van der Waals surface area contributed by atoms with Gasteiger partial charge in [0.2, 0.25) is 0 Å². The molecule has 30 heavy (non-hydrogen) atoms. The van der Waals surface area contributed by atoms with Gasteiger partial charge in [0.1, 0.15) is 12.6 Å². The third-order valence-corrected chi connectivity index (χ3v) is 5.29. The summed E-state index contributed by atoms with van der Waals surface area (Å²) in [4.78, 5) is 35.6. The smallest absolute Gasteiger partial charge is 0.325 e. The number of carboxylic acids is 2. The zero-order valence-corrected chi connectivity index (χ0v) is 17.4. The van der Waals surface area contributed by atoms with Crippen LogP contribution in [0.5, 0.6) is 0 Å². The number of hydrogen-bond donors (Lipinski definition) is 3. The van der Waals surface area contributed by atoms with Crippen molar-refractivity contribution in [3.05, 3.63) is 35.9 Å². The number of aryl methyl sites for hydroxylation is 1. The standard InChI is InChI=1S/C22H31N3O5/c1-16(24-19(22(29)30)13-12-17-8-4-2-5-9-17)21(28)25(15-20(26)27)23-14-18-10-6-3-7-11-18/h2,4-5,8-9,14,16,18-19,24H,3,6-7,10-13,15H2,1H3,(H,26,27)(H,29,30)/t16-,19-/m0/s1. The van der Waals surface area contributed by atoms with E-state index < -0.39 is 36.5 Å². The molecule has 0 saturated heterocycles. The van der Waals surface area contributed by atoms with Crippen molar-refractivity contribution in [1.82, 2.24) is 10.3 Å². The summed E-state index contributed by atoms with van der Waals surface area (Å²) in [5.74, 6) is -2.55. The summed E-state index contributed by atoms with van der Waals surface area (Å²) >= 11 is 0. The Balaban J connectivity index is 1.98. The van der Waals surface area contributed by atoms with Gasteiger partial charge in [-0.2, -0.15) is 5.10 Å². The number of benzene rings is 1. The van der Waals surface area contributed by atoms with Crippen LogP contribution in [-0.2, 0) is 20.8 Å². The lowest BCUT2D eigenvalue weighted by Gasteiger charge is -2.24. The molecule has 1 saturated carbocycles. The predicted molar refractivity (Wildman–Crippen MR) is 113 cm³/mol. The molecule has 1 fully saturated rings. The van der Waals surface area contributed by atoms with Crippen molar-refractivity contribution in [3.8, 4) is 0 Å². The minimum Gasteiger partial charge on any atom is -0.480 e. The van der Waals surface area contributed by atoms with E-state index in [0.717, 1.165) is 36.3 Å². The van der Waals surface area contributed by atoms with Gasteiger partial charge in [-0.3, -0.25) is 19.7 Å². The molecule has 0 radical (unpaired) electrons. The van der Waals surface area contributed by atoms with E-state index in [9.17, 15) is 19.5 Å². The molecule has 3 N–H and O–H groups in total. The van der Waals surface area contributed by atoms with E-state index in [-0.39, 0.29) is 5.92 Å². The second kappa shape index (κ2) is 12.1. The van der Waals surface area contributed by atoms with Crippen molar-refractivity contribution in [2.75, 3.05) is 6.54 Å². The lowest BCUT2D eigenvalue weighted by Crippen LogP contribution is -2.50.